The Labute approximate surface area is 210 Å². The molecule has 0 aliphatic carbocycles. The van der Waals surface area contributed by atoms with E-state index >= 15 is 0 Å². The Balaban J connectivity index is 0.000000697. The molecule has 2 rings (SSSR count). The van der Waals surface area contributed by atoms with Crippen LogP contribution in [0.3, 0.4) is 0 Å². The second kappa shape index (κ2) is 12.4. The van der Waals surface area contributed by atoms with Gasteiger partial charge in [-0.25, -0.2) is 8.42 Å². The Kier molecular flexibility index (Phi) is 11.0. The molecule has 2 aromatic rings. The van der Waals surface area contributed by atoms with E-state index in [9.17, 15) is 34.8 Å². The van der Waals surface area contributed by atoms with E-state index in [4.69, 9.17) is 26.0 Å². The van der Waals surface area contributed by atoms with Crippen LogP contribution in [0, 0.1) is 7.14 Å². The molecule has 0 saturated heterocycles. The first kappa shape index (κ1) is 31.9. The van der Waals surface area contributed by atoms with Crippen LogP contribution in [-0.2, 0) is 29.3 Å². The average Bonchev–Trinajstić information content (AvgIpc) is 2.74. The van der Waals surface area contributed by atoms with Crippen molar-refractivity contribution in [2.24, 2.45) is 5.73 Å². The maximum Gasteiger partial charge on any atom is 0.485 e. The molecular weight excluding hydrogens is 661 g/mol. The number of benzene rings is 2. The minimum Gasteiger partial charge on any atom is -0.741 e. The number of ether oxygens (including phenoxy) is 1. The Bertz CT molecular complexity index is 1260. The Hall–Kier alpha value is -2.16. The number of hydrogen-bond donors (Lipinski definition) is 2. The van der Waals surface area contributed by atoms with Gasteiger partial charge in [0.2, 0.25) is 0 Å². The summed E-state index contributed by atoms with van der Waals surface area (Å²) in [6, 6.07) is 12.7. The predicted octanol–water partition coefficient (Wildman–Crippen LogP) is 2.03. The van der Waals surface area contributed by atoms with Gasteiger partial charge < -0.3 is 4.55 Å². The van der Waals surface area contributed by atoms with Crippen molar-refractivity contribution in [1.82, 2.24) is 0 Å². The van der Waals surface area contributed by atoms with Crippen LogP contribution in [0.15, 0.2) is 48.5 Å². The van der Waals surface area contributed by atoms with Crippen LogP contribution < -0.4 is 15.5 Å². The summed E-state index contributed by atoms with van der Waals surface area (Å²) in [7, 11) is -10.4. The van der Waals surface area contributed by atoms with Crippen molar-refractivity contribution in [2.45, 2.75) is 24.5 Å². The third kappa shape index (κ3) is 9.71. The molecule has 0 aliphatic rings. The van der Waals surface area contributed by atoms with Crippen LogP contribution in [0.4, 0.5) is 26.3 Å². The van der Waals surface area contributed by atoms with Gasteiger partial charge in [0.1, 0.15) is 0 Å². The number of amidine groups is 1. The fourth-order valence-electron chi connectivity index (χ4n) is 2.00. The van der Waals surface area contributed by atoms with Crippen molar-refractivity contribution in [3.05, 3.63) is 61.2 Å². The molecule has 0 aromatic heterocycles. The SMILES string of the molecule is COc1ccc(I(OS(=O)(=O)C(F)(F)F)c2cccc(C[NH+]=C(C)N)c2)cc1.O=S(=O)([O-])C(F)(F)F. The summed E-state index contributed by atoms with van der Waals surface area (Å²) in [5, 5.41) is 0. The quantitative estimate of drug-likeness (QED) is 0.113. The van der Waals surface area contributed by atoms with E-state index in [2.05, 4.69) is 4.99 Å². The van der Waals surface area contributed by atoms with E-state index in [-0.39, 0.29) is 0 Å². The minimum atomic E-state index is -6.09. The molecule has 0 fully saturated rings. The van der Waals surface area contributed by atoms with Gasteiger partial charge in [-0.3, -0.25) is 0 Å². The minimum absolute atomic E-state index is 0.342. The van der Waals surface area contributed by atoms with Crippen molar-refractivity contribution in [2.75, 3.05) is 7.11 Å². The van der Waals surface area contributed by atoms with Gasteiger partial charge in [0.25, 0.3) is 0 Å². The van der Waals surface area contributed by atoms with Crippen LogP contribution in [0.25, 0.3) is 0 Å². The van der Waals surface area contributed by atoms with Crippen LogP contribution in [0.2, 0.25) is 0 Å². The van der Waals surface area contributed by atoms with Crippen molar-refractivity contribution in [3.63, 3.8) is 0 Å². The van der Waals surface area contributed by atoms with Crippen molar-refractivity contribution in [1.29, 1.82) is 0 Å². The molecule has 0 radical (unpaired) electrons. The fourth-order valence-corrected chi connectivity index (χ4v) is 8.61. The zero-order valence-corrected chi connectivity index (χ0v) is 22.0. The van der Waals surface area contributed by atoms with E-state index in [1.807, 2.05) is 0 Å². The first-order valence-corrected chi connectivity index (χ1v) is 14.9. The molecule has 2 aromatic carbocycles. The van der Waals surface area contributed by atoms with Gasteiger partial charge in [0, 0.05) is 0 Å². The summed E-state index contributed by atoms with van der Waals surface area (Å²) >= 11 is -3.44. The first-order valence-electron chi connectivity index (χ1n) is 9.08. The molecule has 3 N–H and O–H groups in total. The number of rotatable bonds is 7. The van der Waals surface area contributed by atoms with Gasteiger partial charge in [-0.2, -0.15) is 13.2 Å². The second-order valence-electron chi connectivity index (χ2n) is 6.44. The van der Waals surface area contributed by atoms with Gasteiger partial charge in [-0.15, -0.1) is 0 Å². The van der Waals surface area contributed by atoms with E-state index in [1.165, 1.54) is 19.2 Å². The summed E-state index contributed by atoms with van der Waals surface area (Å²) in [6.45, 7) is 2.01. The van der Waals surface area contributed by atoms with Crippen molar-refractivity contribution < 1.29 is 60.0 Å². The Morgan fingerprint density at radius 3 is 1.92 bits per heavy atom. The Morgan fingerprint density at radius 1 is 0.972 bits per heavy atom. The number of halogens is 7. The van der Waals surface area contributed by atoms with E-state index in [0.29, 0.717) is 25.3 Å². The molecular formula is C18H19F6IN2O7S2. The van der Waals surface area contributed by atoms with Gasteiger partial charge in [0.05, 0.1) is 0 Å². The molecule has 0 saturated carbocycles. The first-order chi connectivity index (χ1) is 16.3. The number of nitrogens with two attached hydrogens (primary N) is 1. The monoisotopic (exact) mass is 680 g/mol. The number of nitrogens with one attached hydrogen (secondary N) is 1. The van der Waals surface area contributed by atoms with Crippen LogP contribution in [0.1, 0.15) is 12.5 Å². The number of alkyl halides is 6. The molecule has 0 aliphatic heterocycles. The molecule has 204 valence electrons. The van der Waals surface area contributed by atoms with Crippen LogP contribution in [0.5, 0.6) is 5.75 Å². The summed E-state index contributed by atoms with van der Waals surface area (Å²) in [5.74, 6) is 0.969. The Morgan fingerprint density at radius 2 is 1.50 bits per heavy atom. The van der Waals surface area contributed by atoms with E-state index in [0.717, 1.165) is 5.56 Å². The average molecular weight is 680 g/mol. The molecule has 0 spiro atoms. The molecule has 0 heterocycles. The summed E-state index contributed by atoms with van der Waals surface area (Å²) in [4.78, 5) is 2.91. The smallest absolute Gasteiger partial charge is 0.485 e. The molecule has 0 atom stereocenters. The van der Waals surface area contributed by atoms with Gasteiger partial charge >= 0.3 is 174 Å². The van der Waals surface area contributed by atoms with Gasteiger partial charge in [-0.05, 0) is 0 Å². The maximum absolute atomic E-state index is 12.9. The molecule has 0 unspecified atom stereocenters. The normalized spacial score (nSPS) is 13.5. The van der Waals surface area contributed by atoms with Crippen LogP contribution in [-0.4, -0.2) is 45.4 Å². The topological polar surface area (TPSA) is 150 Å². The second-order valence-corrected chi connectivity index (χ2v) is 14.3. The van der Waals surface area contributed by atoms with Crippen molar-refractivity contribution in [3.8, 4) is 5.75 Å². The molecule has 18 heteroatoms. The third-order valence-corrected chi connectivity index (χ3v) is 11.2. The van der Waals surface area contributed by atoms with Crippen LogP contribution >= 0.6 is 20.2 Å². The van der Waals surface area contributed by atoms with Crippen molar-refractivity contribution >= 4 is 46.3 Å². The zero-order chi connectivity index (χ0) is 27.9. The van der Waals surface area contributed by atoms with Gasteiger partial charge in [-0.1, -0.05) is 0 Å². The standard InChI is InChI=1S/C17H18F3IN2O4S.CHF3O3S/c1-12(22)23-11-13-4-3-5-15(10-13)21(27-28(24,25)17(18,19)20)14-6-8-16(26-2)9-7-14;2-1(3,4)8(5,6)7/h3-10H,11H2,1-2H3,(H2,22,23);(H,5,6,7). The third-order valence-electron chi connectivity index (χ3n) is 3.62. The van der Waals surface area contributed by atoms with E-state index < -0.39 is 51.5 Å². The van der Waals surface area contributed by atoms with E-state index in [1.54, 1.807) is 43.3 Å². The zero-order valence-electron chi connectivity index (χ0n) is 18.2. The largest absolute Gasteiger partial charge is 0.741 e. The number of methoxy groups -OCH3 is 1. The molecule has 36 heavy (non-hydrogen) atoms. The summed E-state index contributed by atoms with van der Waals surface area (Å²) in [5.41, 5.74) is -4.86. The molecule has 9 nitrogen and oxygen atoms in total. The summed E-state index contributed by atoms with van der Waals surface area (Å²) in [6.07, 6.45) is 0. The fraction of sp³-hybridized carbons (Fsp3) is 0.278. The summed E-state index contributed by atoms with van der Waals surface area (Å²) < 4.78 is 131. The molecule has 0 amide bonds. The maximum atomic E-state index is 12.9. The molecule has 0 bridgehead atoms. The number of hydrogen-bond acceptors (Lipinski definition) is 7. The van der Waals surface area contributed by atoms with Gasteiger partial charge in [0.15, 0.2) is 10.1 Å². The predicted molar refractivity (Wildman–Crippen MR) is 122 cm³/mol.